The molecule has 0 spiro atoms. The van der Waals surface area contributed by atoms with E-state index >= 15 is 0 Å². The van der Waals surface area contributed by atoms with Crippen molar-refractivity contribution in [1.29, 1.82) is 0 Å². The number of nitro benzene ring substituents is 1. The van der Waals surface area contributed by atoms with Crippen LogP contribution in [0.2, 0.25) is 0 Å². The van der Waals surface area contributed by atoms with Crippen molar-refractivity contribution in [2.45, 2.75) is 38.6 Å². The number of fused-ring (bicyclic) bond motifs is 2. The molecule has 2 bridgehead atoms. The number of carbonyl (C=O) groups excluding carboxylic acids is 1. The molecular formula is C17H22N2O4. The maximum Gasteiger partial charge on any atom is 0.311 e. The summed E-state index contributed by atoms with van der Waals surface area (Å²) in [5.41, 5.74) is 0.111. The third-order valence-electron chi connectivity index (χ3n) is 5.43. The van der Waals surface area contributed by atoms with E-state index in [1.807, 2.05) is 6.92 Å². The van der Waals surface area contributed by atoms with Gasteiger partial charge in [-0.15, -0.1) is 0 Å². The van der Waals surface area contributed by atoms with Gasteiger partial charge in [0.1, 0.15) is 0 Å². The standard InChI is InChI=1S/C17H22N2O4/c1-10(14-8-11-3-4-12(14)7-11)18-17(20)13-5-6-16(23-2)15(9-13)19(21)22/h5-6,9-12,14H,3-4,7-8H2,1-2H3,(H,18,20). The van der Waals surface area contributed by atoms with Gasteiger partial charge in [-0.1, -0.05) is 6.42 Å². The molecule has 3 rings (SSSR count). The number of nitrogens with one attached hydrogen (secondary N) is 1. The average molecular weight is 318 g/mol. The summed E-state index contributed by atoms with van der Waals surface area (Å²) < 4.78 is 4.96. The summed E-state index contributed by atoms with van der Waals surface area (Å²) in [6, 6.07) is 4.41. The van der Waals surface area contributed by atoms with Crippen LogP contribution >= 0.6 is 0 Å². The molecule has 0 saturated heterocycles. The Hall–Kier alpha value is -2.11. The number of methoxy groups -OCH3 is 1. The Balaban J connectivity index is 1.70. The highest BCUT2D eigenvalue weighted by Crippen LogP contribution is 2.49. The van der Waals surface area contributed by atoms with Gasteiger partial charge in [0.15, 0.2) is 5.75 Å². The van der Waals surface area contributed by atoms with E-state index in [0.29, 0.717) is 11.5 Å². The molecule has 2 aliphatic carbocycles. The highest BCUT2D eigenvalue weighted by molar-refractivity contribution is 5.95. The molecule has 0 aliphatic heterocycles. The molecule has 1 aromatic carbocycles. The number of nitro groups is 1. The monoisotopic (exact) mass is 318 g/mol. The summed E-state index contributed by atoms with van der Waals surface area (Å²) in [5, 5.41) is 14.1. The zero-order valence-corrected chi connectivity index (χ0v) is 13.5. The van der Waals surface area contributed by atoms with Gasteiger partial charge in [-0.3, -0.25) is 14.9 Å². The lowest BCUT2D eigenvalue weighted by atomic mass is 9.84. The number of carbonyl (C=O) groups is 1. The molecule has 124 valence electrons. The van der Waals surface area contributed by atoms with E-state index in [4.69, 9.17) is 4.74 Å². The zero-order valence-electron chi connectivity index (χ0n) is 13.5. The van der Waals surface area contributed by atoms with Gasteiger partial charge >= 0.3 is 5.69 Å². The molecular weight excluding hydrogens is 296 g/mol. The zero-order chi connectivity index (χ0) is 16.6. The largest absolute Gasteiger partial charge is 0.490 e. The highest BCUT2D eigenvalue weighted by Gasteiger charge is 2.42. The molecule has 1 aromatic rings. The fourth-order valence-electron chi connectivity index (χ4n) is 4.28. The highest BCUT2D eigenvalue weighted by atomic mass is 16.6. The Morgan fingerprint density at radius 1 is 1.39 bits per heavy atom. The Bertz CT molecular complexity index is 631. The second kappa shape index (κ2) is 6.18. The maximum atomic E-state index is 12.4. The van der Waals surface area contributed by atoms with Crippen LogP contribution in [0.4, 0.5) is 5.69 Å². The third-order valence-corrected chi connectivity index (χ3v) is 5.43. The van der Waals surface area contributed by atoms with Crippen molar-refractivity contribution in [2.24, 2.45) is 17.8 Å². The van der Waals surface area contributed by atoms with Crippen LogP contribution < -0.4 is 10.1 Å². The van der Waals surface area contributed by atoms with Gasteiger partial charge in [-0.2, -0.15) is 0 Å². The number of hydrogen-bond acceptors (Lipinski definition) is 4. The van der Waals surface area contributed by atoms with Crippen LogP contribution in [0.25, 0.3) is 0 Å². The summed E-state index contributed by atoms with van der Waals surface area (Å²) in [4.78, 5) is 23.0. The van der Waals surface area contributed by atoms with E-state index in [2.05, 4.69) is 5.32 Å². The molecule has 1 amide bonds. The number of ether oxygens (including phenoxy) is 1. The average Bonchev–Trinajstić information content (AvgIpc) is 3.17. The van der Waals surface area contributed by atoms with Crippen molar-refractivity contribution in [3.05, 3.63) is 33.9 Å². The van der Waals surface area contributed by atoms with Gasteiger partial charge in [0.2, 0.25) is 0 Å². The minimum atomic E-state index is -0.533. The normalized spacial score (nSPS) is 26.8. The van der Waals surface area contributed by atoms with Crippen molar-refractivity contribution < 1.29 is 14.5 Å². The van der Waals surface area contributed by atoms with E-state index in [1.54, 1.807) is 6.07 Å². The van der Waals surface area contributed by atoms with Gasteiger partial charge in [0.05, 0.1) is 12.0 Å². The van der Waals surface area contributed by atoms with Gasteiger partial charge < -0.3 is 10.1 Å². The van der Waals surface area contributed by atoms with Gasteiger partial charge in [-0.25, -0.2) is 0 Å². The van der Waals surface area contributed by atoms with Crippen molar-refractivity contribution in [1.82, 2.24) is 5.32 Å². The molecule has 2 aliphatic rings. The van der Waals surface area contributed by atoms with Crippen LogP contribution in [-0.4, -0.2) is 24.0 Å². The van der Waals surface area contributed by atoms with Gasteiger partial charge in [0.25, 0.3) is 5.91 Å². The number of benzene rings is 1. The summed E-state index contributed by atoms with van der Waals surface area (Å²) in [5.74, 6) is 1.98. The van der Waals surface area contributed by atoms with Crippen LogP contribution in [-0.2, 0) is 0 Å². The van der Waals surface area contributed by atoms with Crippen LogP contribution in [0, 0.1) is 27.9 Å². The Morgan fingerprint density at radius 2 is 2.17 bits per heavy atom. The Kier molecular flexibility index (Phi) is 4.24. The van der Waals surface area contributed by atoms with Crippen molar-refractivity contribution >= 4 is 11.6 Å². The first-order valence-corrected chi connectivity index (χ1v) is 8.13. The lowest BCUT2D eigenvalue weighted by Gasteiger charge is -2.28. The number of hydrogen-bond donors (Lipinski definition) is 1. The van der Waals surface area contributed by atoms with Crippen LogP contribution in [0.15, 0.2) is 18.2 Å². The fraction of sp³-hybridized carbons (Fsp3) is 0.588. The predicted octanol–water partition coefficient (Wildman–Crippen LogP) is 3.16. The third kappa shape index (κ3) is 3.02. The maximum absolute atomic E-state index is 12.4. The molecule has 0 heterocycles. The van der Waals surface area contributed by atoms with Gasteiger partial charge in [-0.05, 0) is 56.1 Å². The number of nitrogens with zero attached hydrogens (tertiary/aromatic N) is 1. The minimum Gasteiger partial charge on any atom is -0.490 e. The van der Waals surface area contributed by atoms with Crippen LogP contribution in [0.3, 0.4) is 0 Å². The molecule has 2 fully saturated rings. The van der Waals surface area contributed by atoms with Crippen molar-refractivity contribution in [3.63, 3.8) is 0 Å². The molecule has 6 nitrogen and oxygen atoms in total. The molecule has 2 saturated carbocycles. The summed E-state index contributed by atoms with van der Waals surface area (Å²) in [6.07, 6.45) is 5.07. The van der Waals surface area contributed by atoms with E-state index in [9.17, 15) is 14.9 Å². The summed E-state index contributed by atoms with van der Waals surface area (Å²) in [6.45, 7) is 2.04. The second-order valence-corrected chi connectivity index (χ2v) is 6.74. The first kappa shape index (κ1) is 15.8. The molecule has 23 heavy (non-hydrogen) atoms. The molecule has 0 radical (unpaired) electrons. The van der Waals surface area contributed by atoms with Crippen molar-refractivity contribution in [2.75, 3.05) is 7.11 Å². The van der Waals surface area contributed by atoms with Gasteiger partial charge in [0, 0.05) is 17.7 Å². The topological polar surface area (TPSA) is 81.5 Å². The molecule has 0 aromatic heterocycles. The molecule has 6 heteroatoms. The minimum absolute atomic E-state index is 0.0963. The molecule has 4 atom stereocenters. The van der Waals surface area contributed by atoms with E-state index < -0.39 is 4.92 Å². The number of amides is 1. The summed E-state index contributed by atoms with van der Waals surface area (Å²) >= 11 is 0. The Morgan fingerprint density at radius 3 is 2.74 bits per heavy atom. The second-order valence-electron chi connectivity index (χ2n) is 6.74. The lowest BCUT2D eigenvalue weighted by Crippen LogP contribution is -2.40. The quantitative estimate of drug-likeness (QED) is 0.668. The van der Waals surface area contributed by atoms with Crippen LogP contribution in [0.1, 0.15) is 43.0 Å². The summed E-state index contributed by atoms with van der Waals surface area (Å²) in [7, 11) is 1.37. The molecule has 4 unspecified atom stereocenters. The first-order valence-electron chi connectivity index (χ1n) is 8.13. The van der Waals surface area contributed by atoms with Crippen LogP contribution in [0.5, 0.6) is 5.75 Å². The predicted molar refractivity (Wildman–Crippen MR) is 85.5 cm³/mol. The molecule has 1 N–H and O–H groups in total. The smallest absolute Gasteiger partial charge is 0.311 e. The fourth-order valence-corrected chi connectivity index (χ4v) is 4.28. The van der Waals surface area contributed by atoms with E-state index in [-0.39, 0.29) is 23.4 Å². The first-order chi connectivity index (χ1) is 11.0. The lowest BCUT2D eigenvalue weighted by molar-refractivity contribution is -0.385. The van der Waals surface area contributed by atoms with Crippen molar-refractivity contribution in [3.8, 4) is 5.75 Å². The van der Waals surface area contributed by atoms with E-state index in [0.717, 1.165) is 11.8 Å². The van der Waals surface area contributed by atoms with E-state index in [1.165, 1.54) is 44.9 Å². The number of rotatable bonds is 5. The Labute approximate surface area is 135 Å². The SMILES string of the molecule is COc1ccc(C(=O)NC(C)C2CC3CCC2C3)cc1[N+](=O)[O-].